The average Bonchev–Trinajstić information content (AvgIpc) is 2.47. The third kappa shape index (κ3) is 2.99. The van der Waals surface area contributed by atoms with Crippen LogP contribution in [-0.2, 0) is 6.42 Å². The Bertz CT molecular complexity index is 351. The minimum absolute atomic E-state index is 0.00867. The SMILES string of the molecule is CC1CC(C)CC(N)(Cc2ccc(Cl)s2)C1. The molecule has 3 heteroatoms. The van der Waals surface area contributed by atoms with Crippen molar-refractivity contribution in [1.29, 1.82) is 0 Å². The van der Waals surface area contributed by atoms with Crippen molar-refractivity contribution in [3.63, 3.8) is 0 Å². The fourth-order valence-corrected chi connectivity index (χ4v) is 4.51. The largest absolute Gasteiger partial charge is 0.325 e. The average molecular weight is 258 g/mol. The van der Waals surface area contributed by atoms with Gasteiger partial charge in [-0.05, 0) is 49.7 Å². The Balaban J connectivity index is 2.07. The minimum atomic E-state index is -0.00867. The van der Waals surface area contributed by atoms with E-state index in [0.29, 0.717) is 0 Å². The van der Waals surface area contributed by atoms with Gasteiger partial charge in [-0.1, -0.05) is 25.4 Å². The number of rotatable bonds is 2. The maximum absolute atomic E-state index is 6.54. The maximum atomic E-state index is 6.54. The van der Waals surface area contributed by atoms with Gasteiger partial charge in [0.05, 0.1) is 4.34 Å². The Labute approximate surface area is 107 Å². The van der Waals surface area contributed by atoms with Crippen LogP contribution in [0.25, 0.3) is 0 Å². The van der Waals surface area contributed by atoms with Crippen molar-refractivity contribution in [3.8, 4) is 0 Å². The molecule has 1 fully saturated rings. The quantitative estimate of drug-likeness (QED) is 0.848. The topological polar surface area (TPSA) is 26.0 Å². The second kappa shape index (κ2) is 4.67. The van der Waals surface area contributed by atoms with E-state index in [0.717, 1.165) is 35.4 Å². The van der Waals surface area contributed by atoms with Gasteiger partial charge >= 0.3 is 0 Å². The standard InChI is InChI=1S/C13H20ClNS/c1-9-5-10(2)7-13(15,6-9)8-11-3-4-12(14)16-11/h3-4,9-10H,5-8,15H2,1-2H3. The predicted octanol–water partition coefficient (Wildman–Crippen LogP) is 4.10. The van der Waals surface area contributed by atoms with Crippen LogP contribution in [0.5, 0.6) is 0 Å². The molecule has 2 rings (SSSR count). The predicted molar refractivity (Wildman–Crippen MR) is 72.1 cm³/mol. The molecule has 0 aromatic carbocycles. The van der Waals surface area contributed by atoms with E-state index in [9.17, 15) is 0 Å². The monoisotopic (exact) mass is 257 g/mol. The second-order valence-corrected chi connectivity index (χ2v) is 7.40. The Hall–Kier alpha value is -0.0500. The van der Waals surface area contributed by atoms with Crippen LogP contribution in [-0.4, -0.2) is 5.54 Å². The highest BCUT2D eigenvalue weighted by Gasteiger charge is 2.34. The molecule has 0 aliphatic heterocycles. The van der Waals surface area contributed by atoms with Gasteiger partial charge in [-0.25, -0.2) is 0 Å². The lowest BCUT2D eigenvalue weighted by Crippen LogP contribution is -2.47. The zero-order chi connectivity index (χ0) is 11.8. The normalized spacial score (nSPS) is 35.2. The van der Waals surface area contributed by atoms with Crippen LogP contribution in [0.15, 0.2) is 12.1 Å². The summed E-state index contributed by atoms with van der Waals surface area (Å²) in [6.07, 6.45) is 4.60. The highest BCUT2D eigenvalue weighted by Crippen LogP contribution is 2.37. The molecule has 1 aromatic heterocycles. The van der Waals surface area contributed by atoms with E-state index in [4.69, 9.17) is 17.3 Å². The number of hydrogen-bond donors (Lipinski definition) is 1. The molecular weight excluding hydrogens is 238 g/mol. The Morgan fingerprint density at radius 2 is 2.00 bits per heavy atom. The summed E-state index contributed by atoms with van der Waals surface area (Å²) in [7, 11) is 0. The molecule has 1 heterocycles. The van der Waals surface area contributed by atoms with Gasteiger partial charge in [0.2, 0.25) is 0 Å². The molecule has 0 spiro atoms. The maximum Gasteiger partial charge on any atom is 0.0931 e. The molecule has 0 radical (unpaired) electrons. The molecule has 1 aromatic rings. The van der Waals surface area contributed by atoms with Crippen molar-refractivity contribution in [2.45, 2.75) is 45.1 Å². The first kappa shape index (κ1) is 12.4. The molecule has 0 amide bonds. The minimum Gasteiger partial charge on any atom is -0.325 e. The van der Waals surface area contributed by atoms with Crippen LogP contribution in [0.2, 0.25) is 4.34 Å². The molecule has 90 valence electrons. The summed E-state index contributed by atoms with van der Waals surface area (Å²) >= 11 is 7.63. The van der Waals surface area contributed by atoms with E-state index in [-0.39, 0.29) is 5.54 Å². The molecule has 1 aliphatic rings. The first-order chi connectivity index (χ1) is 7.47. The van der Waals surface area contributed by atoms with Crippen molar-refractivity contribution in [2.24, 2.45) is 17.6 Å². The van der Waals surface area contributed by atoms with Gasteiger partial charge in [0.15, 0.2) is 0 Å². The van der Waals surface area contributed by atoms with E-state index in [1.54, 1.807) is 11.3 Å². The van der Waals surface area contributed by atoms with Gasteiger partial charge in [-0.15, -0.1) is 11.3 Å². The van der Waals surface area contributed by atoms with E-state index >= 15 is 0 Å². The molecule has 16 heavy (non-hydrogen) atoms. The fraction of sp³-hybridized carbons (Fsp3) is 0.692. The van der Waals surface area contributed by atoms with Gasteiger partial charge in [-0.3, -0.25) is 0 Å². The molecule has 2 unspecified atom stereocenters. The summed E-state index contributed by atoms with van der Waals surface area (Å²) in [5.74, 6) is 1.51. The molecule has 0 saturated heterocycles. The van der Waals surface area contributed by atoms with E-state index in [1.807, 2.05) is 6.07 Å². The number of hydrogen-bond acceptors (Lipinski definition) is 2. The fourth-order valence-electron chi connectivity index (χ4n) is 3.26. The molecule has 1 aliphatic carbocycles. The van der Waals surface area contributed by atoms with Crippen LogP contribution < -0.4 is 5.73 Å². The van der Waals surface area contributed by atoms with E-state index < -0.39 is 0 Å². The highest BCUT2D eigenvalue weighted by atomic mass is 35.5. The summed E-state index contributed by atoms with van der Waals surface area (Å²) in [6.45, 7) is 4.64. The van der Waals surface area contributed by atoms with Gasteiger partial charge in [-0.2, -0.15) is 0 Å². The third-order valence-corrected chi connectivity index (χ3v) is 4.70. The number of thiophene rings is 1. The second-order valence-electron chi connectivity index (χ2n) is 5.60. The highest BCUT2D eigenvalue weighted by molar-refractivity contribution is 7.16. The molecule has 1 nitrogen and oxygen atoms in total. The summed E-state index contributed by atoms with van der Waals surface area (Å²) in [5, 5.41) is 0. The Morgan fingerprint density at radius 3 is 2.50 bits per heavy atom. The van der Waals surface area contributed by atoms with Crippen molar-refractivity contribution in [1.82, 2.24) is 0 Å². The van der Waals surface area contributed by atoms with Gasteiger partial charge in [0, 0.05) is 10.4 Å². The van der Waals surface area contributed by atoms with Gasteiger partial charge < -0.3 is 5.73 Å². The van der Waals surface area contributed by atoms with Crippen molar-refractivity contribution >= 4 is 22.9 Å². The first-order valence-corrected chi connectivity index (χ1v) is 7.19. The van der Waals surface area contributed by atoms with Crippen LogP contribution in [0, 0.1) is 11.8 Å². The van der Waals surface area contributed by atoms with Crippen LogP contribution in [0.3, 0.4) is 0 Å². The van der Waals surface area contributed by atoms with E-state index in [1.165, 1.54) is 11.3 Å². The molecular formula is C13H20ClNS. The summed E-state index contributed by atoms with van der Waals surface area (Å²) in [5.41, 5.74) is 6.54. The Kier molecular flexibility index (Phi) is 3.62. The lowest BCUT2D eigenvalue weighted by molar-refractivity contribution is 0.183. The zero-order valence-electron chi connectivity index (χ0n) is 10.0. The molecule has 0 bridgehead atoms. The van der Waals surface area contributed by atoms with Crippen LogP contribution >= 0.6 is 22.9 Å². The zero-order valence-corrected chi connectivity index (χ0v) is 11.6. The van der Waals surface area contributed by atoms with Crippen molar-refractivity contribution < 1.29 is 0 Å². The van der Waals surface area contributed by atoms with Crippen molar-refractivity contribution in [2.75, 3.05) is 0 Å². The smallest absolute Gasteiger partial charge is 0.0931 e. The van der Waals surface area contributed by atoms with Gasteiger partial charge in [0.25, 0.3) is 0 Å². The summed E-state index contributed by atoms with van der Waals surface area (Å²) < 4.78 is 0.871. The molecule has 2 N–H and O–H groups in total. The van der Waals surface area contributed by atoms with Crippen molar-refractivity contribution in [3.05, 3.63) is 21.3 Å². The molecule has 1 saturated carbocycles. The number of halogens is 1. The third-order valence-electron chi connectivity index (χ3n) is 3.47. The summed E-state index contributed by atoms with van der Waals surface area (Å²) in [4.78, 5) is 1.33. The summed E-state index contributed by atoms with van der Waals surface area (Å²) in [6, 6.07) is 4.09. The van der Waals surface area contributed by atoms with E-state index in [2.05, 4.69) is 19.9 Å². The molecule has 2 atom stereocenters. The van der Waals surface area contributed by atoms with Crippen LogP contribution in [0.4, 0.5) is 0 Å². The number of nitrogens with two attached hydrogens (primary N) is 1. The Morgan fingerprint density at radius 1 is 1.38 bits per heavy atom. The first-order valence-electron chi connectivity index (χ1n) is 6.00. The van der Waals surface area contributed by atoms with Crippen LogP contribution in [0.1, 0.15) is 38.0 Å². The van der Waals surface area contributed by atoms with Gasteiger partial charge in [0.1, 0.15) is 0 Å². The lowest BCUT2D eigenvalue weighted by Gasteiger charge is -2.40. The lowest BCUT2D eigenvalue weighted by atomic mass is 9.70.